The summed E-state index contributed by atoms with van der Waals surface area (Å²) in [5.41, 5.74) is 2.96. The van der Waals surface area contributed by atoms with E-state index in [1.54, 1.807) is 25.3 Å². The lowest BCUT2D eigenvalue weighted by atomic mass is 10.1. The Kier molecular flexibility index (Phi) is 8.13. The zero-order valence-electron chi connectivity index (χ0n) is 19.1. The van der Waals surface area contributed by atoms with Crippen LogP contribution in [0.4, 0.5) is 11.4 Å². The Morgan fingerprint density at radius 3 is 2.37 bits per heavy atom. The SMILES string of the molecule is COc1cc(Cl)c(C)cc1NC(=O)C(Sc1ccc(NC(=O)c2cccs2)cc1)c1ccccc1. The van der Waals surface area contributed by atoms with E-state index in [1.165, 1.54) is 23.1 Å². The summed E-state index contributed by atoms with van der Waals surface area (Å²) in [6, 6.07) is 24.2. The van der Waals surface area contributed by atoms with Crippen molar-refractivity contribution in [1.82, 2.24) is 0 Å². The molecule has 0 radical (unpaired) electrons. The van der Waals surface area contributed by atoms with Gasteiger partial charge in [-0.15, -0.1) is 23.1 Å². The maximum absolute atomic E-state index is 13.4. The van der Waals surface area contributed by atoms with Gasteiger partial charge in [-0.25, -0.2) is 0 Å². The minimum atomic E-state index is -0.511. The zero-order valence-corrected chi connectivity index (χ0v) is 21.5. The molecule has 1 heterocycles. The van der Waals surface area contributed by atoms with Crippen LogP contribution in [0.3, 0.4) is 0 Å². The molecule has 0 fully saturated rings. The van der Waals surface area contributed by atoms with Gasteiger partial charge < -0.3 is 15.4 Å². The molecule has 0 spiro atoms. The van der Waals surface area contributed by atoms with Crippen molar-refractivity contribution in [1.29, 1.82) is 0 Å². The summed E-state index contributed by atoms with van der Waals surface area (Å²) < 4.78 is 5.42. The molecule has 1 unspecified atom stereocenters. The number of thioether (sulfide) groups is 1. The summed E-state index contributed by atoms with van der Waals surface area (Å²) >= 11 is 9.03. The van der Waals surface area contributed by atoms with E-state index in [9.17, 15) is 9.59 Å². The van der Waals surface area contributed by atoms with Crippen LogP contribution >= 0.6 is 34.7 Å². The van der Waals surface area contributed by atoms with Gasteiger partial charge in [0.2, 0.25) is 5.91 Å². The Morgan fingerprint density at radius 1 is 0.971 bits per heavy atom. The normalized spacial score (nSPS) is 11.5. The van der Waals surface area contributed by atoms with Gasteiger partial charge in [0, 0.05) is 21.7 Å². The molecule has 1 aromatic heterocycles. The monoisotopic (exact) mass is 522 g/mol. The molecule has 0 saturated heterocycles. The Bertz CT molecular complexity index is 1310. The molecule has 0 aliphatic carbocycles. The van der Waals surface area contributed by atoms with E-state index >= 15 is 0 Å². The molecule has 0 bridgehead atoms. The second-order valence-electron chi connectivity index (χ2n) is 7.66. The molecule has 0 saturated carbocycles. The van der Waals surface area contributed by atoms with Crippen LogP contribution in [0.5, 0.6) is 5.75 Å². The van der Waals surface area contributed by atoms with Crippen molar-refractivity contribution >= 4 is 57.9 Å². The number of aryl methyl sites for hydroxylation is 1. The van der Waals surface area contributed by atoms with Gasteiger partial charge in [0.05, 0.1) is 17.7 Å². The first kappa shape index (κ1) is 24.9. The smallest absolute Gasteiger partial charge is 0.265 e. The fourth-order valence-electron chi connectivity index (χ4n) is 3.38. The Morgan fingerprint density at radius 2 is 1.71 bits per heavy atom. The highest BCUT2D eigenvalue weighted by molar-refractivity contribution is 8.00. The topological polar surface area (TPSA) is 67.4 Å². The molecule has 35 heavy (non-hydrogen) atoms. The fourth-order valence-corrected chi connectivity index (χ4v) is 5.18. The maximum atomic E-state index is 13.4. The first-order valence-corrected chi connectivity index (χ1v) is 12.9. The van der Waals surface area contributed by atoms with E-state index in [1.807, 2.05) is 73.0 Å². The van der Waals surface area contributed by atoms with Crippen molar-refractivity contribution in [2.24, 2.45) is 0 Å². The van der Waals surface area contributed by atoms with Crippen molar-refractivity contribution in [2.45, 2.75) is 17.1 Å². The molecule has 0 aliphatic heterocycles. The number of anilines is 2. The first-order chi connectivity index (χ1) is 16.9. The highest BCUT2D eigenvalue weighted by atomic mass is 35.5. The van der Waals surface area contributed by atoms with Crippen LogP contribution in [0.15, 0.2) is 89.1 Å². The number of benzene rings is 3. The van der Waals surface area contributed by atoms with Crippen molar-refractivity contribution in [3.8, 4) is 5.75 Å². The third-order valence-electron chi connectivity index (χ3n) is 5.19. The lowest BCUT2D eigenvalue weighted by molar-refractivity contribution is -0.115. The number of carbonyl (C=O) groups excluding carboxylic acids is 2. The third-order valence-corrected chi connectivity index (χ3v) is 7.73. The molecule has 1 atom stereocenters. The zero-order chi connectivity index (χ0) is 24.8. The molecule has 8 heteroatoms. The van der Waals surface area contributed by atoms with E-state index in [2.05, 4.69) is 10.6 Å². The van der Waals surface area contributed by atoms with Gasteiger partial charge in [-0.05, 0) is 59.8 Å². The van der Waals surface area contributed by atoms with E-state index < -0.39 is 5.25 Å². The molecule has 0 aliphatic rings. The van der Waals surface area contributed by atoms with Crippen LogP contribution < -0.4 is 15.4 Å². The number of methoxy groups -OCH3 is 1. The number of hydrogen-bond acceptors (Lipinski definition) is 5. The van der Waals surface area contributed by atoms with Crippen molar-refractivity contribution in [3.05, 3.63) is 105 Å². The minimum Gasteiger partial charge on any atom is -0.495 e. The lowest BCUT2D eigenvalue weighted by Crippen LogP contribution is -2.19. The third kappa shape index (κ3) is 6.25. The highest BCUT2D eigenvalue weighted by Gasteiger charge is 2.23. The van der Waals surface area contributed by atoms with Crippen molar-refractivity contribution < 1.29 is 14.3 Å². The van der Waals surface area contributed by atoms with Gasteiger partial charge in [0.25, 0.3) is 5.91 Å². The van der Waals surface area contributed by atoms with E-state index in [4.69, 9.17) is 16.3 Å². The van der Waals surface area contributed by atoms with Crippen LogP contribution in [0, 0.1) is 6.92 Å². The van der Waals surface area contributed by atoms with Gasteiger partial charge in [0.1, 0.15) is 11.0 Å². The molecule has 4 rings (SSSR count). The van der Waals surface area contributed by atoms with Gasteiger partial charge in [0.15, 0.2) is 0 Å². The summed E-state index contributed by atoms with van der Waals surface area (Å²) in [4.78, 5) is 27.3. The summed E-state index contributed by atoms with van der Waals surface area (Å²) in [6.07, 6.45) is 0. The predicted molar refractivity (Wildman–Crippen MR) is 145 cm³/mol. The summed E-state index contributed by atoms with van der Waals surface area (Å²) in [5.74, 6) is 0.169. The second-order valence-corrected chi connectivity index (χ2v) is 10.2. The highest BCUT2D eigenvalue weighted by Crippen LogP contribution is 2.38. The summed E-state index contributed by atoms with van der Waals surface area (Å²) in [7, 11) is 1.54. The average Bonchev–Trinajstić information content (AvgIpc) is 3.41. The van der Waals surface area contributed by atoms with Crippen LogP contribution in [0.2, 0.25) is 5.02 Å². The fraction of sp³-hybridized carbons (Fsp3) is 0.111. The van der Waals surface area contributed by atoms with E-state index in [-0.39, 0.29) is 11.8 Å². The minimum absolute atomic E-state index is 0.144. The molecule has 3 aromatic carbocycles. The molecule has 5 nitrogen and oxygen atoms in total. The van der Waals surface area contributed by atoms with E-state index in [0.717, 1.165) is 16.0 Å². The number of ether oxygens (including phenoxy) is 1. The van der Waals surface area contributed by atoms with Gasteiger partial charge in [-0.3, -0.25) is 9.59 Å². The van der Waals surface area contributed by atoms with Crippen LogP contribution in [-0.2, 0) is 4.79 Å². The van der Waals surface area contributed by atoms with Crippen LogP contribution in [0.1, 0.15) is 26.0 Å². The number of amides is 2. The summed E-state index contributed by atoms with van der Waals surface area (Å²) in [5, 5.41) is 7.82. The number of thiophene rings is 1. The number of hydrogen-bond donors (Lipinski definition) is 2. The quantitative estimate of drug-likeness (QED) is 0.236. The predicted octanol–water partition coefficient (Wildman–Crippen LogP) is 7.44. The average molecular weight is 523 g/mol. The Hall–Kier alpha value is -3.26. The second kappa shape index (κ2) is 11.4. The summed E-state index contributed by atoms with van der Waals surface area (Å²) in [6.45, 7) is 1.87. The molecule has 2 N–H and O–H groups in total. The lowest BCUT2D eigenvalue weighted by Gasteiger charge is -2.19. The largest absolute Gasteiger partial charge is 0.495 e. The number of carbonyl (C=O) groups is 2. The maximum Gasteiger partial charge on any atom is 0.265 e. The van der Waals surface area contributed by atoms with E-state index in [0.29, 0.717) is 27.0 Å². The van der Waals surface area contributed by atoms with Crippen molar-refractivity contribution in [2.75, 3.05) is 17.7 Å². The number of rotatable bonds is 8. The molecule has 2 amide bonds. The number of halogens is 1. The Balaban J connectivity index is 1.53. The van der Waals surface area contributed by atoms with Crippen LogP contribution in [-0.4, -0.2) is 18.9 Å². The van der Waals surface area contributed by atoms with Gasteiger partial charge in [-0.1, -0.05) is 48.0 Å². The van der Waals surface area contributed by atoms with Gasteiger partial charge >= 0.3 is 0 Å². The standard InChI is InChI=1S/C27H23ClN2O3S2/c1-17-15-22(23(33-2)16-21(17)28)30-27(32)25(18-7-4-3-5-8-18)35-20-12-10-19(11-13-20)29-26(31)24-9-6-14-34-24/h3-16,25H,1-2H3,(H,29,31)(H,30,32). The van der Waals surface area contributed by atoms with Crippen LogP contribution in [0.25, 0.3) is 0 Å². The molecular formula is C27H23ClN2O3S2. The molecule has 178 valence electrons. The van der Waals surface area contributed by atoms with Gasteiger partial charge in [-0.2, -0.15) is 0 Å². The first-order valence-electron chi connectivity index (χ1n) is 10.8. The Labute approximate surface area is 217 Å². The molecule has 4 aromatic rings. The molecular weight excluding hydrogens is 500 g/mol. The number of nitrogens with one attached hydrogen (secondary N) is 2. The van der Waals surface area contributed by atoms with Crippen molar-refractivity contribution in [3.63, 3.8) is 0 Å².